The smallest absolute Gasteiger partial charge is 0.388 e. The van der Waals surface area contributed by atoms with Gasteiger partial charge < -0.3 is 5.11 Å². The minimum Gasteiger partial charge on any atom is -0.388 e. The fourth-order valence-corrected chi connectivity index (χ4v) is 2.07. The molecular weight excluding hydrogens is 457 g/mol. The summed E-state index contributed by atoms with van der Waals surface area (Å²) in [5.41, 5.74) is -0.816. The largest absolute Gasteiger partial charge is 0.460 e. The van der Waals surface area contributed by atoms with Crippen LogP contribution in [0.1, 0.15) is 23.7 Å². The summed E-state index contributed by atoms with van der Waals surface area (Å²) in [6.07, 6.45) is -13.0. The lowest BCUT2D eigenvalue weighted by Crippen LogP contribution is -2.70. The molecule has 0 fully saturated rings. The lowest BCUT2D eigenvalue weighted by Gasteiger charge is -2.40. The number of aliphatic hydroxyl groups is 1. The molecule has 1 rings (SSSR count). The van der Waals surface area contributed by atoms with Crippen LogP contribution in [0.2, 0.25) is 0 Å². The lowest BCUT2D eigenvalue weighted by molar-refractivity contribution is -0.440. The molecule has 1 N–H and O–H groups in total. The highest BCUT2D eigenvalue weighted by Gasteiger charge is 2.90. The van der Waals surface area contributed by atoms with Crippen molar-refractivity contribution in [1.82, 2.24) is 0 Å². The van der Waals surface area contributed by atoms with Crippen molar-refractivity contribution < 1.29 is 62.2 Å². The van der Waals surface area contributed by atoms with Gasteiger partial charge in [0.15, 0.2) is 0 Å². The van der Waals surface area contributed by atoms with E-state index in [1.165, 1.54) is 6.07 Å². The third-order valence-electron chi connectivity index (χ3n) is 3.87. The minimum absolute atomic E-state index is 0.122. The van der Waals surface area contributed by atoms with Crippen LogP contribution in [0.3, 0.4) is 0 Å². The zero-order valence-electron chi connectivity index (χ0n) is 13.9. The van der Waals surface area contributed by atoms with Crippen LogP contribution in [-0.4, -0.2) is 40.9 Å². The van der Waals surface area contributed by atoms with Gasteiger partial charge in [-0.1, -0.05) is 12.1 Å². The SMILES string of the molecule is N#Cc1ccc(C(O)CC(F)(F)C(F)(F)C(F)(F)C(F)(F)C(F)(F)C(F)(F)F)cc1. The van der Waals surface area contributed by atoms with E-state index in [-0.39, 0.29) is 5.56 Å². The van der Waals surface area contributed by atoms with Crippen molar-refractivity contribution in [2.45, 2.75) is 48.3 Å². The number of nitriles is 1. The highest BCUT2D eigenvalue weighted by atomic mass is 19.4. The second kappa shape index (κ2) is 7.47. The molecule has 1 aromatic rings. The highest BCUT2D eigenvalue weighted by molar-refractivity contribution is 5.32. The number of alkyl halides is 13. The summed E-state index contributed by atoms with van der Waals surface area (Å²) in [6, 6.07) is 4.65. The molecule has 0 heterocycles. The van der Waals surface area contributed by atoms with Crippen molar-refractivity contribution in [3.8, 4) is 6.07 Å². The monoisotopic (exact) mass is 465 g/mol. The molecule has 170 valence electrons. The number of benzene rings is 1. The summed E-state index contributed by atoms with van der Waals surface area (Å²) in [5, 5.41) is 18.0. The Morgan fingerprint density at radius 2 is 1.10 bits per heavy atom. The number of hydrogen-bond acceptors (Lipinski definition) is 2. The van der Waals surface area contributed by atoms with Gasteiger partial charge in [-0.15, -0.1) is 0 Å². The predicted molar refractivity (Wildman–Crippen MR) is 71.5 cm³/mol. The van der Waals surface area contributed by atoms with Crippen molar-refractivity contribution in [1.29, 1.82) is 5.26 Å². The third-order valence-corrected chi connectivity index (χ3v) is 3.87. The van der Waals surface area contributed by atoms with E-state index < -0.39 is 53.9 Å². The van der Waals surface area contributed by atoms with Crippen LogP contribution in [0.25, 0.3) is 0 Å². The first kappa shape index (κ1) is 25.8. The van der Waals surface area contributed by atoms with E-state index >= 15 is 0 Å². The average molecular weight is 465 g/mol. The highest BCUT2D eigenvalue weighted by Crippen LogP contribution is 2.61. The molecule has 0 saturated heterocycles. The molecular formula is C15H8F13NO. The third kappa shape index (κ3) is 3.88. The zero-order valence-corrected chi connectivity index (χ0v) is 13.9. The summed E-state index contributed by atoms with van der Waals surface area (Å²) < 4.78 is 169. The van der Waals surface area contributed by atoms with E-state index in [9.17, 15) is 62.2 Å². The van der Waals surface area contributed by atoms with Gasteiger partial charge in [-0.3, -0.25) is 0 Å². The minimum atomic E-state index is -7.98. The van der Waals surface area contributed by atoms with Crippen molar-refractivity contribution >= 4 is 0 Å². The molecule has 0 aliphatic rings. The fourth-order valence-electron chi connectivity index (χ4n) is 2.07. The van der Waals surface area contributed by atoms with Crippen molar-refractivity contribution in [2.75, 3.05) is 0 Å². The Morgan fingerprint density at radius 1 is 0.700 bits per heavy atom. The Hall–Kier alpha value is -2.24. The van der Waals surface area contributed by atoms with Gasteiger partial charge in [0.2, 0.25) is 0 Å². The Bertz CT molecular complexity index is 792. The molecule has 0 radical (unpaired) electrons. The molecule has 30 heavy (non-hydrogen) atoms. The maximum Gasteiger partial charge on any atom is 0.460 e. The summed E-state index contributed by atoms with van der Waals surface area (Å²) in [7, 11) is 0. The van der Waals surface area contributed by atoms with Gasteiger partial charge in [0.1, 0.15) is 0 Å². The average Bonchev–Trinajstić information content (AvgIpc) is 2.59. The van der Waals surface area contributed by atoms with Gasteiger partial charge in [0.25, 0.3) is 0 Å². The second-order valence-electron chi connectivity index (χ2n) is 5.95. The Morgan fingerprint density at radius 3 is 1.47 bits per heavy atom. The molecule has 0 bridgehead atoms. The Balaban J connectivity index is 3.32. The topological polar surface area (TPSA) is 44.0 Å². The maximum absolute atomic E-state index is 13.7. The van der Waals surface area contributed by atoms with Gasteiger partial charge in [-0.05, 0) is 17.7 Å². The molecule has 1 unspecified atom stereocenters. The number of halogens is 13. The van der Waals surface area contributed by atoms with E-state index in [0.29, 0.717) is 12.1 Å². The van der Waals surface area contributed by atoms with Crippen LogP contribution in [0, 0.1) is 11.3 Å². The zero-order chi connectivity index (χ0) is 24.0. The second-order valence-corrected chi connectivity index (χ2v) is 5.95. The molecule has 0 spiro atoms. The van der Waals surface area contributed by atoms with Gasteiger partial charge >= 0.3 is 35.8 Å². The molecule has 0 saturated carbocycles. The van der Waals surface area contributed by atoms with Gasteiger partial charge in [0, 0.05) is 6.42 Å². The van der Waals surface area contributed by atoms with E-state index in [1.807, 2.05) is 0 Å². The van der Waals surface area contributed by atoms with Gasteiger partial charge in [-0.2, -0.15) is 62.3 Å². The molecule has 15 heteroatoms. The quantitative estimate of drug-likeness (QED) is 0.524. The number of rotatable bonds is 7. The predicted octanol–water partition coefficient (Wildman–Crippen LogP) is 5.72. The molecule has 1 atom stereocenters. The van der Waals surface area contributed by atoms with E-state index in [0.717, 1.165) is 12.1 Å². The normalized spacial score (nSPS) is 15.6. The first-order chi connectivity index (χ1) is 13.2. The Kier molecular flexibility index (Phi) is 6.42. The van der Waals surface area contributed by atoms with Crippen molar-refractivity contribution in [3.05, 3.63) is 35.4 Å². The molecule has 2 nitrogen and oxygen atoms in total. The standard InChI is InChI=1S/C15H8F13NO/c16-10(17,5-9(30)8-3-1-7(6-29)2-4-8)11(18,19)12(20,21)13(22,23)14(24,25)15(26,27)28/h1-4,9,30H,5H2. The van der Waals surface area contributed by atoms with Crippen LogP contribution < -0.4 is 0 Å². The van der Waals surface area contributed by atoms with Crippen LogP contribution in [-0.2, 0) is 0 Å². The van der Waals surface area contributed by atoms with E-state index in [2.05, 4.69) is 0 Å². The van der Waals surface area contributed by atoms with Crippen LogP contribution >= 0.6 is 0 Å². The molecule has 0 amide bonds. The molecule has 0 aliphatic carbocycles. The number of hydrogen-bond donors (Lipinski definition) is 1. The summed E-state index contributed by atoms with van der Waals surface area (Å²) in [4.78, 5) is 0. The van der Waals surface area contributed by atoms with Crippen LogP contribution in [0.15, 0.2) is 24.3 Å². The molecule has 0 aromatic heterocycles. The molecule has 1 aromatic carbocycles. The Labute approximate surface area is 158 Å². The summed E-state index contributed by atoms with van der Waals surface area (Å²) >= 11 is 0. The molecule has 0 aliphatic heterocycles. The lowest BCUT2D eigenvalue weighted by atomic mass is 9.90. The number of nitrogens with zero attached hydrogens (tertiary/aromatic N) is 1. The first-order valence-electron chi connectivity index (χ1n) is 7.31. The first-order valence-corrected chi connectivity index (χ1v) is 7.31. The fraction of sp³-hybridized carbons (Fsp3) is 0.533. The van der Waals surface area contributed by atoms with Gasteiger partial charge in [0.05, 0.1) is 17.7 Å². The maximum atomic E-state index is 13.7. The van der Waals surface area contributed by atoms with Crippen molar-refractivity contribution in [2.24, 2.45) is 0 Å². The summed E-state index contributed by atoms with van der Waals surface area (Å²) in [5.74, 6) is -37.5. The van der Waals surface area contributed by atoms with E-state index in [4.69, 9.17) is 5.26 Å². The van der Waals surface area contributed by atoms with Gasteiger partial charge in [-0.25, -0.2) is 0 Å². The number of aliphatic hydroxyl groups excluding tert-OH is 1. The van der Waals surface area contributed by atoms with Crippen LogP contribution in [0.5, 0.6) is 0 Å². The van der Waals surface area contributed by atoms with Crippen molar-refractivity contribution in [3.63, 3.8) is 0 Å². The van der Waals surface area contributed by atoms with E-state index in [1.54, 1.807) is 0 Å². The summed E-state index contributed by atoms with van der Waals surface area (Å²) in [6.45, 7) is 0. The van der Waals surface area contributed by atoms with Crippen LogP contribution in [0.4, 0.5) is 57.1 Å².